The summed E-state index contributed by atoms with van der Waals surface area (Å²) in [7, 11) is 0. The smallest absolute Gasteiger partial charge is 0.228 e. The number of amides is 1. The van der Waals surface area contributed by atoms with Crippen molar-refractivity contribution >= 4 is 22.7 Å². The van der Waals surface area contributed by atoms with Gasteiger partial charge in [-0.15, -0.1) is 0 Å². The van der Waals surface area contributed by atoms with E-state index in [-0.39, 0.29) is 12.3 Å². The molecule has 0 atom stereocenters. The van der Waals surface area contributed by atoms with Crippen LogP contribution < -0.4 is 5.32 Å². The van der Waals surface area contributed by atoms with Crippen LogP contribution in [0.2, 0.25) is 0 Å². The van der Waals surface area contributed by atoms with Crippen LogP contribution in [0, 0.1) is 0 Å². The van der Waals surface area contributed by atoms with Crippen LogP contribution in [0.15, 0.2) is 95.7 Å². The number of rotatable bonds is 5. The number of oxazole rings is 1. The Kier molecular flexibility index (Phi) is 4.57. The first-order chi connectivity index (χ1) is 14.7. The van der Waals surface area contributed by atoms with Crippen molar-refractivity contribution in [3.63, 3.8) is 0 Å². The monoisotopic (exact) mass is 394 g/mol. The molecule has 2 aromatic heterocycles. The van der Waals surface area contributed by atoms with E-state index in [9.17, 15) is 4.79 Å². The van der Waals surface area contributed by atoms with Crippen molar-refractivity contribution in [1.29, 1.82) is 0 Å². The molecule has 3 aromatic carbocycles. The van der Waals surface area contributed by atoms with E-state index in [2.05, 4.69) is 15.4 Å². The van der Waals surface area contributed by atoms with Crippen molar-refractivity contribution in [2.24, 2.45) is 0 Å². The van der Waals surface area contributed by atoms with E-state index in [1.807, 2.05) is 85.1 Å². The van der Waals surface area contributed by atoms with Crippen molar-refractivity contribution in [1.82, 2.24) is 14.8 Å². The Morgan fingerprint density at radius 2 is 1.70 bits per heavy atom. The molecular formula is C24H18N4O2. The predicted octanol–water partition coefficient (Wildman–Crippen LogP) is 4.86. The second-order valence-corrected chi connectivity index (χ2v) is 6.92. The lowest BCUT2D eigenvalue weighted by molar-refractivity contribution is -0.115. The maximum atomic E-state index is 12.4. The Balaban J connectivity index is 1.25. The largest absolute Gasteiger partial charge is 0.436 e. The molecule has 0 saturated carbocycles. The van der Waals surface area contributed by atoms with Gasteiger partial charge in [0.1, 0.15) is 5.52 Å². The van der Waals surface area contributed by atoms with Gasteiger partial charge in [0, 0.05) is 17.4 Å². The van der Waals surface area contributed by atoms with Gasteiger partial charge in [-0.1, -0.05) is 30.3 Å². The van der Waals surface area contributed by atoms with Crippen LogP contribution in [0.25, 0.3) is 28.2 Å². The summed E-state index contributed by atoms with van der Waals surface area (Å²) in [5.41, 5.74) is 4.95. The molecule has 0 unspecified atom stereocenters. The van der Waals surface area contributed by atoms with E-state index in [0.717, 1.165) is 33.6 Å². The fourth-order valence-corrected chi connectivity index (χ4v) is 3.26. The van der Waals surface area contributed by atoms with Gasteiger partial charge in [-0.2, -0.15) is 5.10 Å². The molecule has 30 heavy (non-hydrogen) atoms. The molecule has 0 saturated heterocycles. The molecule has 0 fully saturated rings. The molecule has 5 rings (SSSR count). The molecule has 2 heterocycles. The van der Waals surface area contributed by atoms with Crippen LogP contribution >= 0.6 is 0 Å². The average Bonchev–Trinajstić information content (AvgIpc) is 3.42. The van der Waals surface area contributed by atoms with E-state index in [1.54, 1.807) is 10.9 Å². The fourth-order valence-electron chi connectivity index (χ4n) is 3.26. The quantitative estimate of drug-likeness (QED) is 0.462. The molecule has 0 aliphatic carbocycles. The minimum atomic E-state index is -0.0998. The molecule has 0 aliphatic rings. The molecule has 0 bridgehead atoms. The van der Waals surface area contributed by atoms with Crippen molar-refractivity contribution in [3.8, 4) is 17.1 Å². The summed E-state index contributed by atoms with van der Waals surface area (Å²) >= 11 is 0. The topological polar surface area (TPSA) is 73.0 Å². The lowest BCUT2D eigenvalue weighted by Crippen LogP contribution is -2.13. The van der Waals surface area contributed by atoms with E-state index < -0.39 is 0 Å². The molecule has 0 spiro atoms. The average molecular weight is 394 g/mol. The van der Waals surface area contributed by atoms with Crippen LogP contribution in [-0.2, 0) is 11.2 Å². The number of hydrogen-bond donors (Lipinski definition) is 1. The van der Waals surface area contributed by atoms with Crippen molar-refractivity contribution in [2.45, 2.75) is 6.42 Å². The zero-order valence-electron chi connectivity index (χ0n) is 16.0. The van der Waals surface area contributed by atoms with Gasteiger partial charge in [0.25, 0.3) is 0 Å². The van der Waals surface area contributed by atoms with Gasteiger partial charge in [0.15, 0.2) is 5.58 Å². The summed E-state index contributed by atoms with van der Waals surface area (Å²) in [4.78, 5) is 16.9. The van der Waals surface area contributed by atoms with Crippen LogP contribution in [0.3, 0.4) is 0 Å². The van der Waals surface area contributed by atoms with Crippen molar-refractivity contribution in [2.75, 3.05) is 5.32 Å². The van der Waals surface area contributed by atoms with Crippen molar-refractivity contribution in [3.05, 3.63) is 96.8 Å². The Morgan fingerprint density at radius 3 is 2.50 bits per heavy atom. The third-order valence-corrected chi connectivity index (χ3v) is 4.73. The van der Waals surface area contributed by atoms with E-state index in [1.165, 1.54) is 0 Å². The summed E-state index contributed by atoms with van der Waals surface area (Å²) in [6.07, 6.45) is 3.83. The number of nitrogens with zero attached hydrogens (tertiary/aromatic N) is 3. The highest BCUT2D eigenvalue weighted by atomic mass is 16.3. The van der Waals surface area contributed by atoms with Crippen molar-refractivity contribution < 1.29 is 9.21 Å². The second kappa shape index (κ2) is 7.67. The lowest BCUT2D eigenvalue weighted by Gasteiger charge is -2.05. The number of carbonyl (C=O) groups is 1. The van der Waals surface area contributed by atoms with Gasteiger partial charge >= 0.3 is 0 Å². The van der Waals surface area contributed by atoms with Gasteiger partial charge in [0.2, 0.25) is 11.8 Å². The SMILES string of the molecule is O=C(Cc1cnn(-c2ccccc2)c1)Nc1ccc(-c2nc3ccccc3o2)cc1. The third-order valence-electron chi connectivity index (χ3n) is 4.73. The Hall–Kier alpha value is -4.19. The van der Waals surface area contributed by atoms with Crippen LogP contribution in [-0.4, -0.2) is 20.7 Å². The number of nitrogens with one attached hydrogen (secondary N) is 1. The highest BCUT2D eigenvalue weighted by Crippen LogP contribution is 2.25. The predicted molar refractivity (Wildman–Crippen MR) is 115 cm³/mol. The molecule has 6 heteroatoms. The first-order valence-corrected chi connectivity index (χ1v) is 9.59. The van der Waals surface area contributed by atoms with E-state index >= 15 is 0 Å². The normalized spacial score (nSPS) is 10.9. The Labute approximate surface area is 172 Å². The number of fused-ring (bicyclic) bond motifs is 1. The fraction of sp³-hybridized carbons (Fsp3) is 0.0417. The van der Waals surface area contributed by atoms with E-state index in [4.69, 9.17) is 4.42 Å². The summed E-state index contributed by atoms with van der Waals surface area (Å²) in [5, 5.41) is 7.25. The molecule has 1 N–H and O–H groups in total. The maximum Gasteiger partial charge on any atom is 0.228 e. The van der Waals surface area contributed by atoms with Gasteiger partial charge in [0.05, 0.1) is 18.3 Å². The minimum absolute atomic E-state index is 0.0998. The number of hydrogen-bond acceptors (Lipinski definition) is 4. The highest BCUT2D eigenvalue weighted by Gasteiger charge is 2.10. The standard InChI is InChI=1S/C24H18N4O2/c29-23(14-17-15-25-28(16-17)20-6-2-1-3-7-20)26-19-12-10-18(11-13-19)24-27-21-8-4-5-9-22(21)30-24/h1-13,15-16H,14H2,(H,26,29). The summed E-state index contributed by atoms with van der Waals surface area (Å²) in [6.45, 7) is 0. The first kappa shape index (κ1) is 17.9. The molecule has 0 radical (unpaired) electrons. The molecule has 146 valence electrons. The summed E-state index contributed by atoms with van der Waals surface area (Å²) in [6, 6.07) is 24.9. The lowest BCUT2D eigenvalue weighted by atomic mass is 10.2. The molecule has 0 aliphatic heterocycles. The zero-order chi connectivity index (χ0) is 20.3. The van der Waals surface area contributed by atoms with Gasteiger partial charge in [-0.05, 0) is 54.1 Å². The highest BCUT2D eigenvalue weighted by molar-refractivity contribution is 5.92. The molecule has 6 nitrogen and oxygen atoms in total. The molecular weight excluding hydrogens is 376 g/mol. The number of para-hydroxylation sites is 3. The van der Waals surface area contributed by atoms with Crippen LogP contribution in [0.1, 0.15) is 5.56 Å². The van der Waals surface area contributed by atoms with E-state index in [0.29, 0.717) is 5.89 Å². The maximum absolute atomic E-state index is 12.4. The van der Waals surface area contributed by atoms with Gasteiger partial charge in [-0.25, -0.2) is 9.67 Å². The Bertz CT molecular complexity index is 1270. The summed E-state index contributed by atoms with van der Waals surface area (Å²) < 4.78 is 7.55. The first-order valence-electron chi connectivity index (χ1n) is 9.59. The zero-order valence-corrected chi connectivity index (χ0v) is 16.0. The second-order valence-electron chi connectivity index (χ2n) is 6.92. The number of anilines is 1. The minimum Gasteiger partial charge on any atom is -0.436 e. The summed E-state index contributed by atoms with van der Waals surface area (Å²) in [5.74, 6) is 0.458. The molecule has 1 amide bonds. The Morgan fingerprint density at radius 1 is 0.933 bits per heavy atom. The number of aromatic nitrogens is 3. The van der Waals surface area contributed by atoms with Crippen LogP contribution in [0.5, 0.6) is 0 Å². The number of carbonyl (C=O) groups excluding carboxylic acids is 1. The number of benzene rings is 3. The van der Waals surface area contributed by atoms with Crippen LogP contribution in [0.4, 0.5) is 5.69 Å². The van der Waals surface area contributed by atoms with Gasteiger partial charge in [-0.3, -0.25) is 4.79 Å². The van der Waals surface area contributed by atoms with Gasteiger partial charge < -0.3 is 9.73 Å². The molecule has 5 aromatic rings. The third kappa shape index (κ3) is 3.71.